The fourth-order valence-electron chi connectivity index (χ4n) is 2.68. The molecule has 30 heavy (non-hydrogen) atoms. The fourth-order valence-corrected chi connectivity index (χ4v) is 2.68. The van der Waals surface area contributed by atoms with Gasteiger partial charge >= 0.3 is 5.97 Å². The number of nitriles is 1. The van der Waals surface area contributed by atoms with Crippen LogP contribution < -0.4 is 10.1 Å². The van der Waals surface area contributed by atoms with Crippen molar-refractivity contribution in [3.63, 3.8) is 0 Å². The molecule has 0 aliphatic rings. The van der Waals surface area contributed by atoms with Gasteiger partial charge in [0.25, 0.3) is 5.91 Å². The quantitative estimate of drug-likeness (QED) is 0.441. The van der Waals surface area contributed by atoms with Crippen molar-refractivity contribution in [2.24, 2.45) is 0 Å². The van der Waals surface area contributed by atoms with Gasteiger partial charge in [-0.1, -0.05) is 18.2 Å². The van der Waals surface area contributed by atoms with Gasteiger partial charge in [-0.2, -0.15) is 5.26 Å². The minimum atomic E-state index is -1.01. The van der Waals surface area contributed by atoms with Crippen molar-refractivity contribution in [2.45, 2.75) is 6.92 Å². The van der Waals surface area contributed by atoms with Crippen LogP contribution in [0.4, 0.5) is 5.69 Å². The number of nitrogens with zero attached hydrogens (tertiary/aromatic N) is 1. The Labute approximate surface area is 172 Å². The zero-order valence-corrected chi connectivity index (χ0v) is 16.1. The number of aromatic carboxylic acids is 1. The van der Waals surface area contributed by atoms with Crippen LogP contribution in [-0.4, -0.2) is 23.6 Å². The zero-order chi connectivity index (χ0) is 21.5. The van der Waals surface area contributed by atoms with Crippen molar-refractivity contribution < 1.29 is 23.8 Å². The van der Waals surface area contributed by atoms with Gasteiger partial charge in [0.1, 0.15) is 28.9 Å². The second-order valence-electron chi connectivity index (χ2n) is 6.17. The Morgan fingerprint density at radius 3 is 2.60 bits per heavy atom. The number of anilines is 1. The molecule has 0 saturated heterocycles. The van der Waals surface area contributed by atoms with E-state index in [2.05, 4.69) is 5.32 Å². The topological polar surface area (TPSA) is 113 Å². The Kier molecular flexibility index (Phi) is 6.30. The molecule has 7 heteroatoms. The molecule has 3 aromatic rings. The van der Waals surface area contributed by atoms with Gasteiger partial charge in [0.05, 0.1) is 12.2 Å². The summed E-state index contributed by atoms with van der Waals surface area (Å²) in [4.78, 5) is 23.4. The molecule has 3 rings (SSSR count). The average Bonchev–Trinajstić information content (AvgIpc) is 3.21. The minimum absolute atomic E-state index is 0.126. The molecule has 0 saturated carbocycles. The number of amides is 1. The largest absolute Gasteiger partial charge is 0.494 e. The lowest BCUT2D eigenvalue weighted by Crippen LogP contribution is -2.13. The molecule has 1 aromatic heterocycles. The first-order valence-corrected chi connectivity index (χ1v) is 9.09. The zero-order valence-electron chi connectivity index (χ0n) is 16.1. The summed E-state index contributed by atoms with van der Waals surface area (Å²) < 4.78 is 11.1. The summed E-state index contributed by atoms with van der Waals surface area (Å²) in [5, 5.41) is 21.0. The molecule has 2 N–H and O–H groups in total. The molecular weight excluding hydrogens is 384 g/mol. The van der Waals surface area contributed by atoms with Crippen molar-refractivity contribution in [3.05, 3.63) is 77.6 Å². The third-order valence-electron chi connectivity index (χ3n) is 4.10. The van der Waals surface area contributed by atoms with E-state index < -0.39 is 11.9 Å². The molecule has 0 radical (unpaired) electrons. The van der Waals surface area contributed by atoms with Gasteiger partial charge in [-0.15, -0.1) is 0 Å². The first-order chi connectivity index (χ1) is 14.5. The number of carbonyl (C=O) groups excluding carboxylic acids is 1. The molecule has 1 amide bonds. The van der Waals surface area contributed by atoms with Gasteiger partial charge < -0.3 is 19.6 Å². The van der Waals surface area contributed by atoms with Crippen molar-refractivity contribution in [1.29, 1.82) is 5.26 Å². The van der Waals surface area contributed by atoms with Crippen LogP contribution in [0.3, 0.4) is 0 Å². The lowest BCUT2D eigenvalue weighted by atomic mass is 10.1. The number of ether oxygens (including phenoxy) is 1. The van der Waals surface area contributed by atoms with Crippen molar-refractivity contribution in [1.82, 2.24) is 0 Å². The molecule has 2 aromatic carbocycles. The fraction of sp³-hybridized carbons (Fsp3) is 0.0870. The highest BCUT2D eigenvalue weighted by Gasteiger charge is 2.12. The molecule has 1 heterocycles. The highest BCUT2D eigenvalue weighted by molar-refractivity contribution is 6.09. The Balaban J connectivity index is 1.76. The first-order valence-electron chi connectivity index (χ1n) is 9.09. The van der Waals surface area contributed by atoms with E-state index in [1.807, 2.05) is 13.0 Å². The Hall–Kier alpha value is -4.31. The number of nitrogens with one attached hydrogen (secondary N) is 1. The van der Waals surface area contributed by atoms with Crippen LogP contribution in [0.25, 0.3) is 17.4 Å². The summed E-state index contributed by atoms with van der Waals surface area (Å²) in [5.74, 6) is -0.166. The minimum Gasteiger partial charge on any atom is -0.494 e. The molecule has 0 spiro atoms. The number of hydrogen-bond donors (Lipinski definition) is 2. The second-order valence-corrected chi connectivity index (χ2v) is 6.17. The molecule has 150 valence electrons. The molecule has 7 nitrogen and oxygen atoms in total. The smallest absolute Gasteiger partial charge is 0.335 e. The molecule has 0 bridgehead atoms. The Bertz CT molecular complexity index is 1140. The summed E-state index contributed by atoms with van der Waals surface area (Å²) in [6.45, 7) is 2.36. The maximum atomic E-state index is 12.5. The third-order valence-corrected chi connectivity index (χ3v) is 4.10. The highest BCUT2D eigenvalue weighted by Crippen LogP contribution is 2.24. The van der Waals surface area contributed by atoms with Crippen LogP contribution in [0.2, 0.25) is 0 Å². The number of hydrogen-bond acceptors (Lipinski definition) is 5. The van der Waals surface area contributed by atoms with Gasteiger partial charge in [-0.3, -0.25) is 4.79 Å². The van der Waals surface area contributed by atoms with Crippen LogP contribution in [0.15, 0.2) is 70.7 Å². The predicted octanol–water partition coefficient (Wildman–Crippen LogP) is 4.59. The number of furan rings is 1. The number of carboxylic acids is 1. The van der Waals surface area contributed by atoms with E-state index in [0.717, 1.165) is 0 Å². The van der Waals surface area contributed by atoms with E-state index in [-0.39, 0.29) is 11.1 Å². The van der Waals surface area contributed by atoms with E-state index in [0.29, 0.717) is 35.1 Å². The summed E-state index contributed by atoms with van der Waals surface area (Å²) in [6.07, 6.45) is 1.34. The highest BCUT2D eigenvalue weighted by atomic mass is 16.5. The number of benzene rings is 2. The van der Waals surface area contributed by atoms with Gasteiger partial charge in [-0.25, -0.2) is 4.79 Å². The van der Waals surface area contributed by atoms with E-state index in [9.17, 15) is 14.9 Å². The summed E-state index contributed by atoms with van der Waals surface area (Å²) in [7, 11) is 0. The van der Waals surface area contributed by atoms with Gasteiger partial charge in [0.2, 0.25) is 0 Å². The standard InChI is InChI=1S/C23H18N2O5/c1-2-29-19-5-3-4-18(13-19)25-22(26)17(14-24)12-20-10-11-21(30-20)15-6-8-16(9-7-15)23(27)28/h3-13H,2H2,1H3,(H,25,26)(H,27,28)/b17-12+. The van der Waals surface area contributed by atoms with E-state index in [1.165, 1.54) is 18.2 Å². The summed E-state index contributed by atoms with van der Waals surface area (Å²) in [5.41, 5.74) is 1.22. The average molecular weight is 402 g/mol. The number of carbonyl (C=O) groups is 2. The van der Waals surface area contributed by atoms with Crippen molar-refractivity contribution >= 4 is 23.6 Å². The van der Waals surface area contributed by atoms with Gasteiger partial charge in [0.15, 0.2) is 0 Å². The van der Waals surface area contributed by atoms with Crippen molar-refractivity contribution in [3.8, 4) is 23.1 Å². The molecular formula is C23H18N2O5. The molecule has 0 aliphatic heterocycles. The number of rotatable bonds is 7. The SMILES string of the molecule is CCOc1cccc(NC(=O)/C(C#N)=C/c2ccc(-c3ccc(C(=O)O)cc3)o2)c1. The van der Waals surface area contributed by atoms with Crippen LogP contribution in [0.5, 0.6) is 5.75 Å². The molecule has 0 fully saturated rings. The second kappa shape index (κ2) is 9.26. The van der Waals surface area contributed by atoms with Crippen LogP contribution >= 0.6 is 0 Å². The maximum absolute atomic E-state index is 12.5. The predicted molar refractivity (Wildman–Crippen MR) is 111 cm³/mol. The van der Waals surface area contributed by atoms with Crippen molar-refractivity contribution in [2.75, 3.05) is 11.9 Å². The van der Waals surface area contributed by atoms with Crippen LogP contribution in [0.1, 0.15) is 23.0 Å². The lowest BCUT2D eigenvalue weighted by Gasteiger charge is -2.07. The first kappa shape index (κ1) is 20.4. The summed E-state index contributed by atoms with van der Waals surface area (Å²) in [6, 6.07) is 18.2. The monoisotopic (exact) mass is 402 g/mol. The molecule has 0 unspecified atom stereocenters. The molecule has 0 aliphatic carbocycles. The van der Waals surface area contributed by atoms with E-state index >= 15 is 0 Å². The summed E-state index contributed by atoms with van der Waals surface area (Å²) >= 11 is 0. The van der Waals surface area contributed by atoms with Gasteiger partial charge in [-0.05, 0) is 43.3 Å². The Morgan fingerprint density at radius 2 is 1.93 bits per heavy atom. The third kappa shape index (κ3) is 4.94. The van der Waals surface area contributed by atoms with Crippen LogP contribution in [0, 0.1) is 11.3 Å². The van der Waals surface area contributed by atoms with E-state index in [4.69, 9.17) is 14.3 Å². The molecule has 0 atom stereocenters. The van der Waals surface area contributed by atoms with E-state index in [1.54, 1.807) is 48.5 Å². The van der Waals surface area contributed by atoms with Gasteiger partial charge in [0, 0.05) is 23.4 Å². The maximum Gasteiger partial charge on any atom is 0.335 e. The number of carboxylic acid groups (broad SMARTS) is 1. The Morgan fingerprint density at radius 1 is 1.17 bits per heavy atom. The normalized spacial score (nSPS) is 10.9. The van der Waals surface area contributed by atoms with Crippen LogP contribution in [-0.2, 0) is 4.79 Å². The lowest BCUT2D eigenvalue weighted by molar-refractivity contribution is -0.112.